The molecule has 0 bridgehead atoms. The number of halogens is 3. The first kappa shape index (κ1) is 36.7. The summed E-state index contributed by atoms with van der Waals surface area (Å²) in [6, 6.07) is 17.2. The molecule has 1 aliphatic carbocycles. The van der Waals surface area contributed by atoms with Crippen molar-refractivity contribution in [2.45, 2.75) is 57.5 Å². The van der Waals surface area contributed by atoms with Crippen molar-refractivity contribution in [1.29, 1.82) is 5.26 Å². The molecule has 3 aliphatic rings. The summed E-state index contributed by atoms with van der Waals surface area (Å²) in [5.41, 5.74) is 4.11. The summed E-state index contributed by atoms with van der Waals surface area (Å²) in [6.45, 7) is 4.84. The Labute approximate surface area is 325 Å². The van der Waals surface area contributed by atoms with Gasteiger partial charge in [-0.1, -0.05) is 24.3 Å². The van der Waals surface area contributed by atoms with Gasteiger partial charge in [0.25, 0.3) is 0 Å². The topological polar surface area (TPSA) is 152 Å². The Balaban J connectivity index is 1.06. The van der Waals surface area contributed by atoms with Crippen LogP contribution in [-0.2, 0) is 23.9 Å². The molecule has 3 atom stereocenters. The molecule has 2 aliphatic heterocycles. The lowest BCUT2D eigenvalue weighted by Crippen LogP contribution is -2.26. The van der Waals surface area contributed by atoms with Gasteiger partial charge < -0.3 is 19.9 Å². The minimum Gasteiger partial charge on any atom is -0.481 e. The fourth-order valence-electron chi connectivity index (χ4n) is 8.96. The number of alkyl halides is 3. The van der Waals surface area contributed by atoms with Crippen LogP contribution in [0.25, 0.3) is 44.6 Å². The fraction of sp³-hybridized carbons (Fsp3) is 0.326. The van der Waals surface area contributed by atoms with Crippen molar-refractivity contribution in [2.75, 3.05) is 31.5 Å². The van der Waals surface area contributed by atoms with Gasteiger partial charge in [0, 0.05) is 61.3 Å². The maximum atomic E-state index is 15.3. The summed E-state index contributed by atoms with van der Waals surface area (Å²) in [4.78, 5) is 29.7. The number of aliphatic hydroxyl groups is 1. The van der Waals surface area contributed by atoms with E-state index in [4.69, 9.17) is 9.40 Å². The molecule has 5 heterocycles. The maximum absolute atomic E-state index is 15.3. The van der Waals surface area contributed by atoms with Gasteiger partial charge in [-0.2, -0.15) is 18.4 Å². The van der Waals surface area contributed by atoms with E-state index in [1.165, 1.54) is 12.1 Å². The van der Waals surface area contributed by atoms with Gasteiger partial charge in [0.05, 0.1) is 17.6 Å². The van der Waals surface area contributed by atoms with E-state index in [0.29, 0.717) is 73.6 Å². The number of aliphatic carboxylic acids is 1. The zero-order valence-electron chi connectivity index (χ0n) is 31.0. The first-order valence-corrected chi connectivity index (χ1v) is 19.0. The molecule has 9 rings (SSSR count). The summed E-state index contributed by atoms with van der Waals surface area (Å²) >= 11 is 0. The summed E-state index contributed by atoms with van der Waals surface area (Å²) in [5.74, 6) is -1.10. The van der Waals surface area contributed by atoms with Crippen molar-refractivity contribution < 1.29 is 32.6 Å². The highest BCUT2D eigenvalue weighted by molar-refractivity contribution is 5.92. The number of aromatic nitrogens is 3. The highest BCUT2D eigenvalue weighted by Gasteiger charge is 2.40. The van der Waals surface area contributed by atoms with Gasteiger partial charge in [0.2, 0.25) is 5.89 Å². The van der Waals surface area contributed by atoms with Crippen LogP contribution in [0.15, 0.2) is 71.4 Å². The number of anilines is 2. The molecule has 0 unspecified atom stereocenters. The predicted molar refractivity (Wildman–Crippen MR) is 206 cm³/mol. The van der Waals surface area contributed by atoms with Crippen LogP contribution in [0.1, 0.15) is 58.7 Å². The smallest absolute Gasteiger partial charge is 0.417 e. The molecule has 11 nitrogen and oxygen atoms in total. The standard InChI is InChI=1S/C43H38F3N7O4/c1-23-28(4-3-7-34(23)50-40-38-25(10-13-48-40)16-24(19-49-38)20-52-14-12-27(54)22-52)30-5-2-6-31(37(30)43(44,45)46)41-51-35-17-32-29(33(18-47)39(35)57-41)8-9-36(32)53-15-11-26(21-53)42(55)56/h2-7,10,13,16-17,19,26-27,36,54H,8-9,11-12,14-15,20-22H2,1H3,(H,48,50)(H,55,56)/t26-,27-,36-/m1/s1. The first-order chi connectivity index (χ1) is 27.5. The molecule has 0 saturated carbocycles. The zero-order valence-corrected chi connectivity index (χ0v) is 31.0. The molecule has 3 N–H and O–H groups in total. The molecule has 57 heavy (non-hydrogen) atoms. The number of β-amino-alcohol motifs (C(OH)–C–C–N with tert-alkyl or cyclic N) is 1. The summed E-state index contributed by atoms with van der Waals surface area (Å²) in [7, 11) is 0. The van der Waals surface area contributed by atoms with E-state index >= 15 is 13.2 Å². The van der Waals surface area contributed by atoms with Crippen LogP contribution in [0.5, 0.6) is 0 Å². The second-order valence-electron chi connectivity index (χ2n) is 15.3. The minimum absolute atomic E-state index is 0.0610. The van der Waals surface area contributed by atoms with Crippen LogP contribution < -0.4 is 5.32 Å². The Bertz CT molecular complexity index is 2620. The van der Waals surface area contributed by atoms with E-state index in [1.807, 2.05) is 12.1 Å². The third-order valence-electron chi connectivity index (χ3n) is 11.7. The normalized spacial score (nSPS) is 20.0. The number of carboxylic acid groups (broad SMARTS) is 1. The van der Waals surface area contributed by atoms with E-state index in [2.05, 4.69) is 31.2 Å². The van der Waals surface area contributed by atoms with Gasteiger partial charge >= 0.3 is 12.1 Å². The largest absolute Gasteiger partial charge is 0.481 e. The highest BCUT2D eigenvalue weighted by atomic mass is 19.4. The molecule has 0 spiro atoms. The van der Waals surface area contributed by atoms with E-state index in [1.54, 1.807) is 49.6 Å². The fourth-order valence-corrected chi connectivity index (χ4v) is 8.96. The molecule has 0 radical (unpaired) electrons. The Morgan fingerprint density at radius 1 is 1.04 bits per heavy atom. The van der Waals surface area contributed by atoms with E-state index in [-0.39, 0.29) is 45.8 Å². The number of pyridine rings is 2. The molecule has 3 aromatic carbocycles. The molecule has 3 aromatic heterocycles. The Morgan fingerprint density at radius 3 is 2.60 bits per heavy atom. The number of nitriles is 1. The van der Waals surface area contributed by atoms with Crippen LogP contribution in [-0.4, -0.2) is 73.2 Å². The van der Waals surface area contributed by atoms with Crippen LogP contribution in [0, 0.1) is 24.2 Å². The van der Waals surface area contributed by atoms with Gasteiger partial charge in [0.15, 0.2) is 11.4 Å². The van der Waals surface area contributed by atoms with Gasteiger partial charge in [-0.25, -0.2) is 9.97 Å². The van der Waals surface area contributed by atoms with Gasteiger partial charge in [-0.3, -0.25) is 19.6 Å². The molecule has 290 valence electrons. The van der Waals surface area contributed by atoms with E-state index in [9.17, 15) is 20.3 Å². The van der Waals surface area contributed by atoms with Crippen molar-refractivity contribution in [3.05, 3.63) is 100 Å². The van der Waals surface area contributed by atoms with Gasteiger partial charge in [-0.05, 0) is 103 Å². The number of fused-ring (bicyclic) bond motifs is 3. The second kappa shape index (κ2) is 14.3. The number of carboxylic acids is 1. The van der Waals surface area contributed by atoms with E-state index in [0.717, 1.165) is 35.0 Å². The quantitative estimate of drug-likeness (QED) is 0.138. The number of likely N-dealkylation sites (tertiary alicyclic amines) is 2. The lowest BCUT2D eigenvalue weighted by molar-refractivity contribution is -0.141. The molecule has 6 aromatic rings. The summed E-state index contributed by atoms with van der Waals surface area (Å²) < 4.78 is 52.0. The number of nitrogens with zero attached hydrogens (tertiary/aromatic N) is 6. The molecule has 0 amide bonds. The van der Waals surface area contributed by atoms with Crippen molar-refractivity contribution in [3.8, 4) is 28.7 Å². The number of oxazole rings is 1. The number of aliphatic hydroxyl groups excluding tert-OH is 1. The molecular weight excluding hydrogens is 736 g/mol. The minimum atomic E-state index is -4.81. The van der Waals surface area contributed by atoms with Crippen LogP contribution >= 0.6 is 0 Å². The lowest BCUT2D eigenvalue weighted by Gasteiger charge is -2.24. The molecular formula is C43H38F3N7O4. The Hall–Kier alpha value is -5.88. The SMILES string of the molecule is Cc1c(Nc2nccc3cc(CN4CC[C@@H](O)C4)cnc23)cccc1-c1cccc(-c2nc3cc4c(c(C#N)c3o2)CC[C@H]4N2CC[C@@H](C(=O)O)C2)c1C(F)(F)F. The van der Waals surface area contributed by atoms with Crippen molar-refractivity contribution in [2.24, 2.45) is 5.92 Å². The Kier molecular flexibility index (Phi) is 9.19. The first-order valence-electron chi connectivity index (χ1n) is 19.0. The maximum Gasteiger partial charge on any atom is 0.417 e. The van der Waals surface area contributed by atoms with Crippen LogP contribution in [0.2, 0.25) is 0 Å². The third-order valence-corrected chi connectivity index (χ3v) is 11.7. The number of nitrogens with one attached hydrogen (secondary N) is 1. The van der Waals surface area contributed by atoms with Crippen molar-refractivity contribution in [1.82, 2.24) is 24.8 Å². The number of carbonyl (C=O) groups is 1. The number of rotatable bonds is 8. The van der Waals surface area contributed by atoms with Crippen LogP contribution in [0.4, 0.5) is 24.7 Å². The predicted octanol–water partition coefficient (Wildman–Crippen LogP) is 8.01. The van der Waals surface area contributed by atoms with E-state index < -0.39 is 23.6 Å². The van der Waals surface area contributed by atoms with Gasteiger partial charge in [-0.15, -0.1) is 0 Å². The summed E-state index contributed by atoms with van der Waals surface area (Å²) in [5, 5.41) is 33.9. The van der Waals surface area contributed by atoms with Crippen LogP contribution in [0.3, 0.4) is 0 Å². The second-order valence-corrected chi connectivity index (χ2v) is 15.3. The summed E-state index contributed by atoms with van der Waals surface area (Å²) in [6.07, 6.45) is 0.847. The third kappa shape index (κ3) is 6.65. The average Bonchev–Trinajstić information content (AvgIpc) is 4.01. The number of hydrogen-bond donors (Lipinski definition) is 3. The number of hydrogen-bond acceptors (Lipinski definition) is 10. The van der Waals surface area contributed by atoms with Gasteiger partial charge in [0.1, 0.15) is 22.7 Å². The van der Waals surface area contributed by atoms with Crippen molar-refractivity contribution >= 4 is 39.5 Å². The number of benzene rings is 3. The molecule has 14 heteroatoms. The molecule has 2 fully saturated rings. The average molecular weight is 774 g/mol. The highest BCUT2D eigenvalue weighted by Crippen LogP contribution is 2.47. The Morgan fingerprint density at radius 2 is 1.84 bits per heavy atom. The monoisotopic (exact) mass is 773 g/mol. The zero-order chi connectivity index (χ0) is 39.6. The molecule has 2 saturated heterocycles. The van der Waals surface area contributed by atoms with Crippen molar-refractivity contribution in [3.63, 3.8) is 0 Å². The lowest BCUT2D eigenvalue weighted by atomic mass is 9.91.